The van der Waals surface area contributed by atoms with Crippen molar-refractivity contribution in [1.82, 2.24) is 9.80 Å². The van der Waals surface area contributed by atoms with Crippen LogP contribution in [-0.4, -0.2) is 55.6 Å². The molecule has 1 aliphatic heterocycles. The normalized spacial score (nSPS) is 17.5. The van der Waals surface area contributed by atoms with Crippen LogP contribution in [0.2, 0.25) is 0 Å². The van der Waals surface area contributed by atoms with Crippen molar-refractivity contribution in [3.8, 4) is 0 Å². The van der Waals surface area contributed by atoms with Crippen LogP contribution >= 0.6 is 0 Å². The summed E-state index contributed by atoms with van der Waals surface area (Å²) in [6, 6.07) is 7.10. The van der Waals surface area contributed by atoms with Gasteiger partial charge in [0, 0.05) is 26.2 Å². The van der Waals surface area contributed by atoms with E-state index in [2.05, 4.69) is 9.80 Å². The number of halogens is 1. The number of hydrogen-bond donors (Lipinski definition) is 1. The van der Waals surface area contributed by atoms with Crippen LogP contribution in [0.3, 0.4) is 0 Å². The van der Waals surface area contributed by atoms with Crippen LogP contribution in [0.1, 0.15) is 18.4 Å². The second-order valence-corrected chi connectivity index (χ2v) is 5.52. The predicted octanol–water partition coefficient (Wildman–Crippen LogP) is 1.72. The molecule has 0 saturated carbocycles. The van der Waals surface area contributed by atoms with Gasteiger partial charge in [0.25, 0.3) is 0 Å². The van der Waals surface area contributed by atoms with Crippen LogP contribution in [0.25, 0.3) is 0 Å². The SMILES string of the molecule is NCCCN1CCN(CCCc2ccccc2F)CC1. The second kappa shape index (κ2) is 8.35. The number of aryl methyl sites for hydroxylation is 1. The Labute approximate surface area is 121 Å². The van der Waals surface area contributed by atoms with Crippen molar-refractivity contribution in [2.45, 2.75) is 19.3 Å². The van der Waals surface area contributed by atoms with Gasteiger partial charge in [0.1, 0.15) is 5.82 Å². The molecule has 2 N–H and O–H groups in total. The van der Waals surface area contributed by atoms with Crippen molar-refractivity contribution in [3.63, 3.8) is 0 Å². The Bertz CT molecular complexity index is 389. The first kappa shape index (κ1) is 15.4. The fraction of sp³-hybridized carbons (Fsp3) is 0.625. The molecular formula is C16H26FN3. The molecule has 4 heteroatoms. The van der Waals surface area contributed by atoms with Crippen molar-refractivity contribution in [3.05, 3.63) is 35.6 Å². The molecule has 0 radical (unpaired) electrons. The molecule has 2 rings (SSSR count). The standard InChI is InChI=1S/C16H26FN3/c17-16-7-2-1-5-15(16)6-3-9-19-11-13-20(14-12-19)10-4-8-18/h1-2,5,7H,3-4,6,8-14,18H2. The van der Waals surface area contributed by atoms with E-state index in [9.17, 15) is 4.39 Å². The van der Waals surface area contributed by atoms with E-state index in [-0.39, 0.29) is 5.82 Å². The number of piperazine rings is 1. The van der Waals surface area contributed by atoms with E-state index in [1.54, 1.807) is 12.1 Å². The molecule has 1 aliphatic rings. The van der Waals surface area contributed by atoms with Gasteiger partial charge in [0.05, 0.1) is 0 Å². The number of nitrogens with two attached hydrogens (primary N) is 1. The first-order chi connectivity index (χ1) is 9.79. The van der Waals surface area contributed by atoms with Crippen molar-refractivity contribution in [2.24, 2.45) is 5.73 Å². The Kier molecular flexibility index (Phi) is 6.43. The zero-order valence-corrected chi connectivity index (χ0v) is 12.2. The summed E-state index contributed by atoms with van der Waals surface area (Å²) >= 11 is 0. The van der Waals surface area contributed by atoms with Gasteiger partial charge in [-0.25, -0.2) is 4.39 Å². The Morgan fingerprint density at radius 3 is 2.15 bits per heavy atom. The zero-order valence-electron chi connectivity index (χ0n) is 12.2. The highest BCUT2D eigenvalue weighted by atomic mass is 19.1. The average Bonchev–Trinajstić information content (AvgIpc) is 2.48. The average molecular weight is 279 g/mol. The van der Waals surface area contributed by atoms with Gasteiger partial charge in [-0.1, -0.05) is 18.2 Å². The molecule has 1 aromatic rings. The number of benzene rings is 1. The lowest BCUT2D eigenvalue weighted by Crippen LogP contribution is -2.47. The molecule has 1 heterocycles. The summed E-state index contributed by atoms with van der Waals surface area (Å²) in [6.07, 6.45) is 2.96. The molecule has 0 unspecified atom stereocenters. The lowest BCUT2D eigenvalue weighted by molar-refractivity contribution is 0.131. The molecular weight excluding hydrogens is 253 g/mol. The first-order valence-electron chi connectivity index (χ1n) is 7.68. The Hall–Kier alpha value is -0.970. The third-order valence-corrected chi connectivity index (χ3v) is 4.02. The Morgan fingerprint density at radius 1 is 0.950 bits per heavy atom. The van der Waals surface area contributed by atoms with E-state index in [0.717, 1.165) is 70.6 Å². The lowest BCUT2D eigenvalue weighted by Gasteiger charge is -2.34. The van der Waals surface area contributed by atoms with Gasteiger partial charge in [0.2, 0.25) is 0 Å². The molecule has 0 spiro atoms. The van der Waals surface area contributed by atoms with Crippen molar-refractivity contribution in [2.75, 3.05) is 45.8 Å². The fourth-order valence-corrected chi connectivity index (χ4v) is 2.75. The first-order valence-corrected chi connectivity index (χ1v) is 7.68. The van der Waals surface area contributed by atoms with Crippen LogP contribution in [0, 0.1) is 5.82 Å². The van der Waals surface area contributed by atoms with Gasteiger partial charge in [-0.2, -0.15) is 0 Å². The molecule has 0 aromatic heterocycles. The fourth-order valence-electron chi connectivity index (χ4n) is 2.75. The van der Waals surface area contributed by atoms with Gasteiger partial charge >= 0.3 is 0 Å². The molecule has 1 fully saturated rings. The number of hydrogen-bond acceptors (Lipinski definition) is 3. The molecule has 112 valence electrons. The van der Waals surface area contributed by atoms with Gasteiger partial charge in [-0.15, -0.1) is 0 Å². The molecule has 3 nitrogen and oxygen atoms in total. The smallest absolute Gasteiger partial charge is 0.126 e. The van der Waals surface area contributed by atoms with E-state index >= 15 is 0 Å². The van der Waals surface area contributed by atoms with Crippen LogP contribution in [0.4, 0.5) is 4.39 Å². The molecule has 1 aromatic carbocycles. The summed E-state index contributed by atoms with van der Waals surface area (Å²) in [5.41, 5.74) is 6.38. The van der Waals surface area contributed by atoms with E-state index in [4.69, 9.17) is 5.73 Å². The third-order valence-electron chi connectivity index (χ3n) is 4.02. The maximum atomic E-state index is 13.5. The third kappa shape index (κ3) is 4.85. The second-order valence-electron chi connectivity index (χ2n) is 5.52. The summed E-state index contributed by atoms with van der Waals surface area (Å²) in [5.74, 6) is -0.0703. The van der Waals surface area contributed by atoms with Crippen LogP contribution < -0.4 is 5.73 Å². The quantitative estimate of drug-likeness (QED) is 0.825. The van der Waals surface area contributed by atoms with Gasteiger partial charge < -0.3 is 15.5 Å². The van der Waals surface area contributed by atoms with Crippen molar-refractivity contribution in [1.29, 1.82) is 0 Å². The highest BCUT2D eigenvalue weighted by Crippen LogP contribution is 2.10. The largest absolute Gasteiger partial charge is 0.330 e. The zero-order chi connectivity index (χ0) is 14.2. The van der Waals surface area contributed by atoms with E-state index in [1.807, 2.05) is 12.1 Å². The van der Waals surface area contributed by atoms with Gasteiger partial charge in [-0.05, 0) is 50.5 Å². The molecule has 0 bridgehead atoms. The van der Waals surface area contributed by atoms with E-state index in [0.29, 0.717) is 0 Å². The van der Waals surface area contributed by atoms with Gasteiger partial charge in [-0.3, -0.25) is 0 Å². The van der Waals surface area contributed by atoms with E-state index < -0.39 is 0 Å². The molecule has 20 heavy (non-hydrogen) atoms. The van der Waals surface area contributed by atoms with Crippen molar-refractivity contribution < 1.29 is 4.39 Å². The van der Waals surface area contributed by atoms with Crippen LogP contribution in [-0.2, 0) is 6.42 Å². The maximum absolute atomic E-state index is 13.5. The summed E-state index contributed by atoms with van der Waals surface area (Å²) in [5, 5.41) is 0. The summed E-state index contributed by atoms with van der Waals surface area (Å²) in [6.45, 7) is 7.50. The minimum atomic E-state index is -0.0703. The minimum Gasteiger partial charge on any atom is -0.330 e. The summed E-state index contributed by atoms with van der Waals surface area (Å²) in [4.78, 5) is 4.97. The van der Waals surface area contributed by atoms with Crippen LogP contribution in [0.15, 0.2) is 24.3 Å². The Morgan fingerprint density at radius 2 is 1.55 bits per heavy atom. The lowest BCUT2D eigenvalue weighted by atomic mass is 10.1. The summed E-state index contributed by atoms with van der Waals surface area (Å²) < 4.78 is 13.5. The minimum absolute atomic E-state index is 0.0703. The number of rotatable bonds is 7. The highest BCUT2D eigenvalue weighted by molar-refractivity contribution is 5.17. The highest BCUT2D eigenvalue weighted by Gasteiger charge is 2.15. The Balaban J connectivity index is 1.63. The monoisotopic (exact) mass is 279 g/mol. The molecule has 0 amide bonds. The molecule has 0 atom stereocenters. The van der Waals surface area contributed by atoms with E-state index in [1.165, 1.54) is 0 Å². The molecule has 0 aliphatic carbocycles. The topological polar surface area (TPSA) is 32.5 Å². The predicted molar refractivity (Wildman–Crippen MR) is 81.3 cm³/mol. The van der Waals surface area contributed by atoms with Gasteiger partial charge in [0.15, 0.2) is 0 Å². The van der Waals surface area contributed by atoms with Crippen molar-refractivity contribution >= 4 is 0 Å². The maximum Gasteiger partial charge on any atom is 0.126 e. The van der Waals surface area contributed by atoms with Crippen LogP contribution in [0.5, 0.6) is 0 Å². The summed E-state index contributed by atoms with van der Waals surface area (Å²) in [7, 11) is 0. The molecule has 1 saturated heterocycles. The number of nitrogens with zero attached hydrogens (tertiary/aromatic N) is 2.